The zero-order valence-corrected chi connectivity index (χ0v) is 15.0. The van der Waals surface area contributed by atoms with Crippen LogP contribution < -0.4 is 0 Å². The third kappa shape index (κ3) is 8.91. The van der Waals surface area contributed by atoms with Crippen molar-refractivity contribution >= 4 is 33.0 Å². The van der Waals surface area contributed by atoms with E-state index in [0.29, 0.717) is 12.2 Å². The lowest BCUT2D eigenvalue weighted by Crippen LogP contribution is -2.00. The maximum atomic E-state index is 11.8. The molecular formula is C17H27BrOS. The van der Waals surface area contributed by atoms with Gasteiger partial charge in [-0.25, -0.2) is 0 Å². The Kier molecular flexibility index (Phi) is 10.3. The number of hydrogen-bond acceptors (Lipinski definition) is 2. The van der Waals surface area contributed by atoms with Crippen molar-refractivity contribution < 1.29 is 4.79 Å². The molecule has 0 radical (unpaired) electrons. The van der Waals surface area contributed by atoms with Crippen molar-refractivity contribution in [2.75, 3.05) is 0 Å². The van der Waals surface area contributed by atoms with Gasteiger partial charge in [-0.3, -0.25) is 4.79 Å². The van der Waals surface area contributed by atoms with Crippen molar-refractivity contribution in [3.8, 4) is 0 Å². The van der Waals surface area contributed by atoms with E-state index in [9.17, 15) is 4.79 Å². The highest BCUT2D eigenvalue weighted by Crippen LogP contribution is 2.21. The Morgan fingerprint density at radius 3 is 2.20 bits per heavy atom. The Labute approximate surface area is 136 Å². The third-order valence-corrected chi connectivity index (χ3v) is 5.25. The van der Waals surface area contributed by atoms with E-state index >= 15 is 0 Å². The molecule has 0 saturated heterocycles. The zero-order valence-electron chi connectivity index (χ0n) is 12.6. The lowest BCUT2D eigenvalue weighted by molar-refractivity contribution is -0.118. The Balaban J connectivity index is 1.92. The second kappa shape index (κ2) is 11.5. The quantitative estimate of drug-likeness (QED) is 0.387. The van der Waals surface area contributed by atoms with Crippen LogP contribution in [0.25, 0.3) is 0 Å². The van der Waals surface area contributed by atoms with Crippen molar-refractivity contribution in [2.24, 2.45) is 0 Å². The third-order valence-electron chi connectivity index (χ3n) is 3.55. The second-order valence-electron chi connectivity index (χ2n) is 5.53. The Bertz CT molecular complexity index is 373. The number of Topliss-reactive ketones (excluding diaryl/α,β-unsaturated/α-hetero) is 1. The highest BCUT2D eigenvalue weighted by Gasteiger charge is 2.05. The number of ketones is 1. The van der Waals surface area contributed by atoms with Gasteiger partial charge < -0.3 is 0 Å². The SMILES string of the molecule is CCCCCCCCCCCC(=O)Cc1cc(Br)cs1. The van der Waals surface area contributed by atoms with E-state index in [1.165, 1.54) is 56.2 Å². The van der Waals surface area contributed by atoms with Gasteiger partial charge in [-0.15, -0.1) is 11.3 Å². The second-order valence-corrected chi connectivity index (χ2v) is 7.44. The summed E-state index contributed by atoms with van der Waals surface area (Å²) in [7, 11) is 0. The molecule has 0 amide bonds. The molecule has 0 N–H and O–H groups in total. The van der Waals surface area contributed by atoms with E-state index in [0.717, 1.165) is 17.3 Å². The summed E-state index contributed by atoms with van der Waals surface area (Å²) < 4.78 is 1.09. The number of carbonyl (C=O) groups is 1. The fourth-order valence-corrected chi connectivity index (χ4v) is 3.84. The molecule has 0 spiro atoms. The molecule has 3 heteroatoms. The molecule has 1 aromatic heterocycles. The molecule has 0 saturated carbocycles. The first-order valence-corrected chi connectivity index (χ1v) is 9.64. The summed E-state index contributed by atoms with van der Waals surface area (Å²) in [6.45, 7) is 2.26. The van der Waals surface area contributed by atoms with Gasteiger partial charge in [0.05, 0.1) is 0 Å². The van der Waals surface area contributed by atoms with Crippen LogP contribution in [0.5, 0.6) is 0 Å². The minimum Gasteiger partial charge on any atom is -0.299 e. The molecule has 0 atom stereocenters. The average Bonchev–Trinajstić information content (AvgIpc) is 2.82. The molecular weight excluding hydrogens is 332 g/mol. The van der Waals surface area contributed by atoms with Gasteiger partial charge in [0.1, 0.15) is 5.78 Å². The van der Waals surface area contributed by atoms with Crippen LogP contribution in [-0.4, -0.2) is 5.78 Å². The number of halogens is 1. The normalized spacial score (nSPS) is 10.9. The zero-order chi connectivity index (χ0) is 14.6. The van der Waals surface area contributed by atoms with Gasteiger partial charge in [0.15, 0.2) is 0 Å². The molecule has 1 rings (SSSR count). The first kappa shape index (κ1) is 17.9. The Morgan fingerprint density at radius 2 is 1.65 bits per heavy atom. The molecule has 0 bridgehead atoms. The molecule has 20 heavy (non-hydrogen) atoms. The highest BCUT2D eigenvalue weighted by atomic mass is 79.9. The van der Waals surface area contributed by atoms with E-state index < -0.39 is 0 Å². The lowest BCUT2D eigenvalue weighted by atomic mass is 10.0. The van der Waals surface area contributed by atoms with Gasteiger partial charge in [0.2, 0.25) is 0 Å². The molecule has 0 aliphatic rings. The predicted molar refractivity (Wildman–Crippen MR) is 92.6 cm³/mol. The summed E-state index contributed by atoms with van der Waals surface area (Å²) in [6.07, 6.45) is 13.2. The first-order chi connectivity index (χ1) is 9.72. The van der Waals surface area contributed by atoms with Crippen molar-refractivity contribution in [1.29, 1.82) is 0 Å². The Morgan fingerprint density at radius 1 is 1.05 bits per heavy atom. The smallest absolute Gasteiger partial charge is 0.138 e. The van der Waals surface area contributed by atoms with Crippen LogP contribution in [0.2, 0.25) is 0 Å². The minimum absolute atomic E-state index is 0.391. The van der Waals surface area contributed by atoms with Crippen LogP contribution in [0.15, 0.2) is 15.9 Å². The van der Waals surface area contributed by atoms with E-state index in [4.69, 9.17) is 0 Å². The van der Waals surface area contributed by atoms with Gasteiger partial charge in [-0.2, -0.15) is 0 Å². The van der Waals surface area contributed by atoms with E-state index in [1.54, 1.807) is 11.3 Å². The average molecular weight is 359 g/mol. The molecule has 1 heterocycles. The summed E-state index contributed by atoms with van der Waals surface area (Å²) in [4.78, 5) is 13.0. The number of rotatable bonds is 12. The van der Waals surface area contributed by atoms with E-state index in [1.807, 2.05) is 5.38 Å². The van der Waals surface area contributed by atoms with Crippen LogP contribution in [0.3, 0.4) is 0 Å². The molecule has 0 unspecified atom stereocenters. The van der Waals surface area contributed by atoms with E-state index in [-0.39, 0.29) is 0 Å². The topological polar surface area (TPSA) is 17.1 Å². The number of thiophene rings is 1. The molecule has 114 valence electrons. The van der Waals surface area contributed by atoms with Gasteiger partial charge in [0, 0.05) is 27.6 Å². The fourth-order valence-electron chi connectivity index (χ4n) is 2.36. The molecule has 1 nitrogen and oxygen atoms in total. The molecule has 0 aliphatic carbocycles. The summed E-state index contributed by atoms with van der Waals surface area (Å²) in [5.41, 5.74) is 0. The Hall–Kier alpha value is -0.150. The van der Waals surface area contributed by atoms with Crippen LogP contribution in [0.1, 0.15) is 76.0 Å². The van der Waals surface area contributed by atoms with Crippen LogP contribution in [0, 0.1) is 0 Å². The van der Waals surface area contributed by atoms with Crippen LogP contribution in [0.4, 0.5) is 0 Å². The number of unbranched alkanes of at least 4 members (excludes halogenated alkanes) is 8. The van der Waals surface area contributed by atoms with Crippen LogP contribution in [-0.2, 0) is 11.2 Å². The summed E-state index contributed by atoms with van der Waals surface area (Å²) in [6, 6.07) is 2.05. The summed E-state index contributed by atoms with van der Waals surface area (Å²) >= 11 is 5.09. The number of carbonyl (C=O) groups excluding carboxylic acids is 1. The largest absolute Gasteiger partial charge is 0.299 e. The van der Waals surface area contributed by atoms with Crippen LogP contribution >= 0.6 is 27.3 Å². The monoisotopic (exact) mass is 358 g/mol. The van der Waals surface area contributed by atoms with Crippen molar-refractivity contribution in [2.45, 2.75) is 77.6 Å². The van der Waals surface area contributed by atoms with Gasteiger partial charge in [-0.05, 0) is 28.4 Å². The van der Waals surface area contributed by atoms with E-state index in [2.05, 4.69) is 28.9 Å². The summed E-state index contributed by atoms with van der Waals surface area (Å²) in [5, 5.41) is 2.04. The molecule has 0 aromatic carbocycles. The minimum atomic E-state index is 0.391. The van der Waals surface area contributed by atoms with Crippen molar-refractivity contribution in [3.63, 3.8) is 0 Å². The highest BCUT2D eigenvalue weighted by molar-refractivity contribution is 9.10. The summed E-state index contributed by atoms with van der Waals surface area (Å²) in [5.74, 6) is 0.391. The number of hydrogen-bond donors (Lipinski definition) is 0. The van der Waals surface area contributed by atoms with Gasteiger partial charge >= 0.3 is 0 Å². The van der Waals surface area contributed by atoms with Crippen molar-refractivity contribution in [3.05, 3.63) is 20.8 Å². The first-order valence-electron chi connectivity index (χ1n) is 7.97. The van der Waals surface area contributed by atoms with Gasteiger partial charge in [-0.1, -0.05) is 58.3 Å². The molecule has 0 aliphatic heterocycles. The van der Waals surface area contributed by atoms with Crippen molar-refractivity contribution in [1.82, 2.24) is 0 Å². The molecule has 1 aromatic rings. The van der Waals surface area contributed by atoms with Gasteiger partial charge in [0.25, 0.3) is 0 Å². The maximum Gasteiger partial charge on any atom is 0.138 e. The fraction of sp³-hybridized carbons (Fsp3) is 0.706. The standard InChI is InChI=1S/C17H27BrOS/c1-2-3-4-5-6-7-8-9-10-11-16(19)13-17-12-15(18)14-20-17/h12,14H,2-11,13H2,1H3. The lowest BCUT2D eigenvalue weighted by Gasteiger charge is -2.02. The predicted octanol–water partition coefficient (Wildman–Crippen LogP) is 6.54. The maximum absolute atomic E-state index is 11.8. The molecule has 0 fully saturated rings.